The second kappa shape index (κ2) is 13.4. The van der Waals surface area contributed by atoms with Crippen LogP contribution in [0.5, 0.6) is 0 Å². The number of hydrogen-bond acceptors (Lipinski definition) is 3. The van der Waals surface area contributed by atoms with Crippen molar-refractivity contribution in [3.8, 4) is 0 Å². The van der Waals surface area contributed by atoms with E-state index >= 15 is 0 Å². The van der Waals surface area contributed by atoms with E-state index in [9.17, 15) is 0 Å². The summed E-state index contributed by atoms with van der Waals surface area (Å²) in [5.74, 6) is 0.923. The van der Waals surface area contributed by atoms with E-state index in [0.29, 0.717) is 0 Å². The summed E-state index contributed by atoms with van der Waals surface area (Å²) >= 11 is 0. The van der Waals surface area contributed by atoms with Crippen molar-refractivity contribution in [3.63, 3.8) is 0 Å². The van der Waals surface area contributed by atoms with Crippen LogP contribution in [0.1, 0.15) is 24.5 Å². The molecule has 1 aliphatic heterocycles. The van der Waals surface area contributed by atoms with Gasteiger partial charge >= 0.3 is 0 Å². The molecule has 1 heterocycles. The van der Waals surface area contributed by atoms with Gasteiger partial charge in [-0.3, -0.25) is 9.89 Å². The van der Waals surface area contributed by atoms with Crippen molar-refractivity contribution >= 4 is 29.9 Å². The second-order valence-corrected chi connectivity index (χ2v) is 6.23. The topological polar surface area (TPSA) is 48.9 Å². The van der Waals surface area contributed by atoms with E-state index in [1.807, 2.05) is 0 Å². The number of rotatable bonds is 8. The van der Waals surface area contributed by atoms with E-state index in [4.69, 9.17) is 4.74 Å². The van der Waals surface area contributed by atoms with Gasteiger partial charge in [-0.15, -0.1) is 24.0 Å². The molecule has 1 aliphatic rings. The van der Waals surface area contributed by atoms with Gasteiger partial charge in [-0.05, 0) is 32.3 Å². The van der Waals surface area contributed by atoms with Crippen molar-refractivity contribution in [2.24, 2.45) is 4.99 Å². The lowest BCUT2D eigenvalue weighted by Crippen LogP contribution is -2.39. The lowest BCUT2D eigenvalue weighted by Gasteiger charge is -2.26. The number of nitrogens with one attached hydrogen (secondary N) is 2. The number of nitrogens with zero attached hydrogens (tertiary/aromatic N) is 2. The van der Waals surface area contributed by atoms with Gasteiger partial charge in [0.2, 0.25) is 0 Å². The van der Waals surface area contributed by atoms with Crippen molar-refractivity contribution in [1.29, 1.82) is 0 Å². The molecule has 0 saturated carbocycles. The number of benzene rings is 1. The van der Waals surface area contributed by atoms with Gasteiger partial charge in [0.15, 0.2) is 5.96 Å². The van der Waals surface area contributed by atoms with Gasteiger partial charge in [0.1, 0.15) is 0 Å². The van der Waals surface area contributed by atoms with Gasteiger partial charge < -0.3 is 15.4 Å². The van der Waals surface area contributed by atoms with Crippen LogP contribution in [0.2, 0.25) is 0 Å². The first-order chi connectivity index (χ1) is 11.8. The van der Waals surface area contributed by atoms with Crippen molar-refractivity contribution < 1.29 is 4.74 Å². The second-order valence-electron chi connectivity index (χ2n) is 6.23. The minimum atomic E-state index is 0. The van der Waals surface area contributed by atoms with Crippen LogP contribution in [0.4, 0.5) is 0 Å². The van der Waals surface area contributed by atoms with Gasteiger partial charge in [0.05, 0.1) is 13.2 Å². The molecule has 25 heavy (non-hydrogen) atoms. The molecule has 1 aromatic carbocycles. The molecule has 0 aromatic heterocycles. The summed E-state index contributed by atoms with van der Waals surface area (Å²) in [4.78, 5) is 7.13. The van der Waals surface area contributed by atoms with Crippen LogP contribution in [0.3, 0.4) is 0 Å². The Morgan fingerprint density at radius 3 is 2.56 bits per heavy atom. The van der Waals surface area contributed by atoms with Gasteiger partial charge in [-0.1, -0.05) is 29.8 Å². The average Bonchev–Trinajstić information content (AvgIpc) is 2.61. The number of hydrogen-bond donors (Lipinski definition) is 2. The molecule has 6 heteroatoms. The molecule has 0 bridgehead atoms. The van der Waals surface area contributed by atoms with Crippen molar-refractivity contribution in [2.45, 2.75) is 26.7 Å². The highest BCUT2D eigenvalue weighted by Gasteiger charge is 2.08. The SMILES string of the molecule is CCNC(=NCCCN1CCOCC1)NCCc1ccc(C)cc1.I. The number of ether oxygens (including phenoxy) is 1. The lowest BCUT2D eigenvalue weighted by atomic mass is 10.1. The minimum Gasteiger partial charge on any atom is -0.379 e. The molecular formula is C19H33IN4O. The molecule has 0 radical (unpaired) electrons. The van der Waals surface area contributed by atoms with Gasteiger partial charge in [-0.2, -0.15) is 0 Å². The largest absolute Gasteiger partial charge is 0.379 e. The summed E-state index contributed by atoms with van der Waals surface area (Å²) in [5.41, 5.74) is 2.66. The molecule has 0 amide bonds. The van der Waals surface area contributed by atoms with E-state index < -0.39 is 0 Å². The zero-order chi connectivity index (χ0) is 17.0. The predicted molar refractivity (Wildman–Crippen MR) is 116 cm³/mol. The van der Waals surface area contributed by atoms with Gasteiger partial charge in [-0.25, -0.2) is 0 Å². The Morgan fingerprint density at radius 1 is 1.16 bits per heavy atom. The number of aliphatic imine (C=N–C) groups is 1. The number of morpholine rings is 1. The van der Waals surface area contributed by atoms with E-state index in [0.717, 1.165) is 71.3 Å². The Balaban J connectivity index is 0.00000312. The number of guanidine groups is 1. The fourth-order valence-electron chi connectivity index (χ4n) is 2.73. The van der Waals surface area contributed by atoms with Crippen LogP contribution in [-0.4, -0.2) is 63.3 Å². The fourth-order valence-corrected chi connectivity index (χ4v) is 2.73. The monoisotopic (exact) mass is 460 g/mol. The van der Waals surface area contributed by atoms with Crippen LogP contribution in [0, 0.1) is 6.92 Å². The predicted octanol–water partition coefficient (Wildman–Crippen LogP) is 2.43. The van der Waals surface area contributed by atoms with E-state index in [1.54, 1.807) is 0 Å². The molecule has 1 fully saturated rings. The Bertz CT molecular complexity index is 487. The lowest BCUT2D eigenvalue weighted by molar-refractivity contribution is 0.0377. The quantitative estimate of drug-likeness (QED) is 0.271. The van der Waals surface area contributed by atoms with Crippen molar-refractivity contribution in [3.05, 3.63) is 35.4 Å². The zero-order valence-electron chi connectivity index (χ0n) is 15.6. The third-order valence-corrected chi connectivity index (χ3v) is 4.18. The maximum absolute atomic E-state index is 5.37. The third kappa shape index (κ3) is 9.42. The summed E-state index contributed by atoms with van der Waals surface area (Å²) in [6.45, 7) is 11.8. The van der Waals surface area contributed by atoms with Gasteiger partial charge in [0, 0.05) is 39.3 Å². The highest BCUT2D eigenvalue weighted by atomic mass is 127. The van der Waals surface area contributed by atoms with Crippen LogP contribution < -0.4 is 10.6 Å². The fraction of sp³-hybridized carbons (Fsp3) is 0.632. The maximum atomic E-state index is 5.37. The summed E-state index contributed by atoms with van der Waals surface area (Å²) in [6.07, 6.45) is 2.10. The summed E-state index contributed by atoms with van der Waals surface area (Å²) in [6, 6.07) is 8.73. The molecule has 0 spiro atoms. The number of halogens is 1. The highest BCUT2D eigenvalue weighted by molar-refractivity contribution is 14.0. The first-order valence-corrected chi connectivity index (χ1v) is 9.16. The zero-order valence-corrected chi connectivity index (χ0v) is 17.9. The summed E-state index contributed by atoms with van der Waals surface area (Å²) in [7, 11) is 0. The van der Waals surface area contributed by atoms with Gasteiger partial charge in [0.25, 0.3) is 0 Å². The molecule has 0 unspecified atom stereocenters. The smallest absolute Gasteiger partial charge is 0.191 e. The molecule has 142 valence electrons. The third-order valence-electron chi connectivity index (χ3n) is 4.18. The van der Waals surface area contributed by atoms with Crippen molar-refractivity contribution in [1.82, 2.24) is 15.5 Å². The Morgan fingerprint density at radius 2 is 1.88 bits per heavy atom. The Kier molecular flexibility index (Phi) is 11.9. The van der Waals surface area contributed by atoms with E-state index in [2.05, 4.69) is 58.6 Å². The number of aryl methyl sites for hydroxylation is 1. The molecule has 0 atom stereocenters. The highest BCUT2D eigenvalue weighted by Crippen LogP contribution is 2.03. The standard InChI is InChI=1S/C19H32N4O.HI/c1-3-20-19(21-10-4-12-23-13-15-24-16-14-23)22-11-9-18-7-5-17(2)6-8-18;/h5-8H,3-4,9-16H2,1-2H3,(H2,20,21,22);1H. The van der Waals surface area contributed by atoms with Crippen LogP contribution in [0.25, 0.3) is 0 Å². The normalized spacial score (nSPS) is 15.5. The van der Waals surface area contributed by atoms with Crippen molar-refractivity contribution in [2.75, 3.05) is 52.5 Å². The Labute approximate surface area is 169 Å². The molecule has 5 nitrogen and oxygen atoms in total. The van der Waals surface area contributed by atoms with Crippen LogP contribution >= 0.6 is 24.0 Å². The van der Waals surface area contributed by atoms with E-state index in [-0.39, 0.29) is 24.0 Å². The molecular weight excluding hydrogens is 427 g/mol. The maximum Gasteiger partial charge on any atom is 0.191 e. The van der Waals surface area contributed by atoms with Crippen LogP contribution in [-0.2, 0) is 11.2 Å². The summed E-state index contributed by atoms with van der Waals surface area (Å²) in [5, 5.41) is 6.75. The molecule has 0 aliphatic carbocycles. The summed E-state index contributed by atoms with van der Waals surface area (Å²) < 4.78 is 5.37. The Hall–Kier alpha value is -0.860. The molecule has 2 N–H and O–H groups in total. The van der Waals surface area contributed by atoms with E-state index in [1.165, 1.54) is 11.1 Å². The molecule has 1 saturated heterocycles. The molecule has 2 rings (SSSR count). The first kappa shape index (κ1) is 22.2. The average molecular weight is 460 g/mol. The van der Waals surface area contributed by atoms with Crippen LogP contribution in [0.15, 0.2) is 29.3 Å². The molecule has 1 aromatic rings. The minimum absolute atomic E-state index is 0. The first-order valence-electron chi connectivity index (χ1n) is 9.16.